The number of nitrogens with zero attached hydrogens (tertiary/aromatic N) is 2. The number of amides is 1. The van der Waals surface area contributed by atoms with Crippen molar-refractivity contribution in [1.29, 1.82) is 0 Å². The number of nitrogens with one attached hydrogen (secondary N) is 1. The van der Waals surface area contributed by atoms with E-state index in [0.717, 1.165) is 28.3 Å². The van der Waals surface area contributed by atoms with Crippen molar-refractivity contribution < 1.29 is 14.3 Å². The Morgan fingerprint density at radius 2 is 1.79 bits per heavy atom. The normalized spacial score (nSPS) is 12.1. The summed E-state index contributed by atoms with van der Waals surface area (Å²) in [7, 11) is 1.90. The van der Waals surface area contributed by atoms with Crippen LogP contribution >= 0.6 is 0 Å². The highest BCUT2D eigenvalue weighted by Crippen LogP contribution is 2.33. The number of hydrogen-bond acceptors (Lipinski definition) is 4. The molecular weight excluding hydrogens is 354 g/mol. The number of carbonyl (C=O) groups excluding carboxylic acids is 1. The summed E-state index contributed by atoms with van der Waals surface area (Å²) < 4.78 is 13.2. The molecule has 0 aliphatic rings. The third kappa shape index (κ3) is 5.06. The topological polar surface area (TPSA) is 65.4 Å². The molecule has 28 heavy (non-hydrogen) atoms. The molecule has 6 heteroatoms. The van der Waals surface area contributed by atoms with Crippen LogP contribution in [0.15, 0.2) is 18.2 Å². The van der Waals surface area contributed by atoms with Gasteiger partial charge in [0.1, 0.15) is 0 Å². The van der Waals surface area contributed by atoms with Gasteiger partial charge in [-0.1, -0.05) is 19.9 Å². The van der Waals surface area contributed by atoms with Crippen LogP contribution in [0, 0.1) is 19.8 Å². The number of aromatic nitrogens is 2. The van der Waals surface area contributed by atoms with Crippen molar-refractivity contribution in [1.82, 2.24) is 15.1 Å². The van der Waals surface area contributed by atoms with Crippen molar-refractivity contribution in [2.45, 2.75) is 54.0 Å². The van der Waals surface area contributed by atoms with E-state index in [2.05, 4.69) is 24.3 Å². The zero-order chi connectivity index (χ0) is 20.8. The van der Waals surface area contributed by atoms with Crippen LogP contribution in [0.3, 0.4) is 0 Å². The standard InChI is InChI=1S/C22H33N3O3/c1-8-27-19-11-10-17(12-20(19)28-9-2)22(14(3)4)23-21(26)13-18-15(5)24-25(7)16(18)6/h10-12,14,22H,8-9,13H2,1-7H3,(H,23,26). The third-order valence-electron chi connectivity index (χ3n) is 4.91. The number of aryl methyl sites for hydroxylation is 2. The van der Waals surface area contributed by atoms with E-state index in [1.807, 2.05) is 57.6 Å². The molecule has 1 N–H and O–H groups in total. The van der Waals surface area contributed by atoms with Crippen molar-refractivity contribution >= 4 is 5.91 Å². The first-order chi connectivity index (χ1) is 13.3. The molecule has 6 nitrogen and oxygen atoms in total. The van der Waals surface area contributed by atoms with Crippen LogP contribution in [0.2, 0.25) is 0 Å². The van der Waals surface area contributed by atoms with Gasteiger partial charge in [-0.15, -0.1) is 0 Å². The van der Waals surface area contributed by atoms with E-state index in [-0.39, 0.29) is 17.9 Å². The number of benzene rings is 1. The van der Waals surface area contributed by atoms with E-state index in [0.29, 0.717) is 25.4 Å². The minimum absolute atomic E-state index is 0.00950. The molecular formula is C22H33N3O3. The van der Waals surface area contributed by atoms with Crippen molar-refractivity contribution in [3.63, 3.8) is 0 Å². The molecule has 0 aliphatic carbocycles. The first-order valence-electron chi connectivity index (χ1n) is 9.96. The van der Waals surface area contributed by atoms with Gasteiger partial charge in [-0.05, 0) is 51.3 Å². The zero-order valence-corrected chi connectivity index (χ0v) is 18.1. The Morgan fingerprint density at radius 1 is 1.14 bits per heavy atom. The Hall–Kier alpha value is -2.50. The van der Waals surface area contributed by atoms with Gasteiger partial charge >= 0.3 is 0 Å². The first kappa shape index (κ1) is 21.8. The van der Waals surface area contributed by atoms with Gasteiger partial charge in [0.15, 0.2) is 11.5 Å². The quantitative estimate of drug-likeness (QED) is 0.709. The first-order valence-corrected chi connectivity index (χ1v) is 9.96. The monoisotopic (exact) mass is 387 g/mol. The van der Waals surface area contributed by atoms with Crippen LogP contribution in [-0.4, -0.2) is 28.9 Å². The highest BCUT2D eigenvalue weighted by Gasteiger charge is 2.22. The summed E-state index contributed by atoms with van der Waals surface area (Å²) in [6, 6.07) is 5.78. The predicted molar refractivity (Wildman–Crippen MR) is 111 cm³/mol. The highest BCUT2D eigenvalue weighted by molar-refractivity contribution is 5.79. The fourth-order valence-electron chi connectivity index (χ4n) is 3.35. The lowest BCUT2D eigenvalue weighted by molar-refractivity contribution is -0.121. The summed E-state index contributed by atoms with van der Waals surface area (Å²) >= 11 is 0. The molecule has 0 spiro atoms. The lowest BCUT2D eigenvalue weighted by Crippen LogP contribution is -2.33. The van der Waals surface area contributed by atoms with E-state index in [4.69, 9.17) is 9.47 Å². The maximum absolute atomic E-state index is 12.8. The van der Waals surface area contributed by atoms with Crippen LogP contribution in [0.1, 0.15) is 56.3 Å². The molecule has 0 aliphatic heterocycles. The van der Waals surface area contributed by atoms with Crippen molar-refractivity contribution in [2.24, 2.45) is 13.0 Å². The summed E-state index contributed by atoms with van der Waals surface area (Å²) in [6.45, 7) is 13.2. The van der Waals surface area contributed by atoms with Gasteiger partial charge in [-0.25, -0.2) is 0 Å². The van der Waals surface area contributed by atoms with Crippen molar-refractivity contribution in [2.75, 3.05) is 13.2 Å². The summed E-state index contributed by atoms with van der Waals surface area (Å²) in [4.78, 5) is 12.8. The second-order valence-electron chi connectivity index (χ2n) is 7.31. The summed E-state index contributed by atoms with van der Waals surface area (Å²) in [5, 5.41) is 7.59. The maximum atomic E-state index is 12.8. The van der Waals surface area contributed by atoms with Gasteiger partial charge < -0.3 is 14.8 Å². The number of carbonyl (C=O) groups is 1. The van der Waals surface area contributed by atoms with Gasteiger partial charge in [0.2, 0.25) is 5.91 Å². The molecule has 1 amide bonds. The number of rotatable bonds is 9. The molecule has 1 unspecified atom stereocenters. The smallest absolute Gasteiger partial charge is 0.225 e. The molecule has 0 bridgehead atoms. The lowest BCUT2D eigenvalue weighted by atomic mass is 9.95. The Balaban J connectivity index is 2.23. The molecule has 0 saturated heterocycles. The Bertz CT molecular complexity index is 812. The van der Waals surface area contributed by atoms with Crippen LogP contribution in [0.25, 0.3) is 0 Å². The Kier molecular flexibility index (Phi) is 7.49. The average Bonchev–Trinajstić information content (AvgIpc) is 2.87. The predicted octanol–water partition coefficient (Wildman–Crippen LogP) is 3.89. The summed E-state index contributed by atoms with van der Waals surface area (Å²) in [5.41, 5.74) is 3.92. The molecule has 2 aromatic rings. The maximum Gasteiger partial charge on any atom is 0.225 e. The molecule has 2 rings (SSSR count). The minimum Gasteiger partial charge on any atom is -0.490 e. The van der Waals surface area contributed by atoms with E-state index in [1.54, 1.807) is 0 Å². The molecule has 1 atom stereocenters. The van der Waals surface area contributed by atoms with Gasteiger partial charge in [0.25, 0.3) is 0 Å². The van der Waals surface area contributed by atoms with E-state index in [9.17, 15) is 4.79 Å². The highest BCUT2D eigenvalue weighted by atomic mass is 16.5. The molecule has 1 heterocycles. The van der Waals surface area contributed by atoms with E-state index in [1.165, 1.54) is 0 Å². The Labute approximate surface area is 168 Å². The zero-order valence-electron chi connectivity index (χ0n) is 18.1. The fourth-order valence-corrected chi connectivity index (χ4v) is 3.35. The van der Waals surface area contributed by atoms with Crippen LogP contribution in [0.4, 0.5) is 0 Å². The van der Waals surface area contributed by atoms with Gasteiger partial charge in [0.05, 0.1) is 31.4 Å². The molecule has 1 aromatic heterocycles. The Morgan fingerprint density at radius 3 is 2.32 bits per heavy atom. The second kappa shape index (κ2) is 9.62. The summed E-state index contributed by atoms with van der Waals surface area (Å²) in [5.74, 6) is 1.65. The van der Waals surface area contributed by atoms with Crippen LogP contribution in [-0.2, 0) is 18.3 Å². The van der Waals surface area contributed by atoms with Crippen LogP contribution < -0.4 is 14.8 Å². The summed E-state index contributed by atoms with van der Waals surface area (Å²) in [6.07, 6.45) is 0.323. The van der Waals surface area contributed by atoms with Crippen LogP contribution in [0.5, 0.6) is 11.5 Å². The van der Waals surface area contributed by atoms with Crippen molar-refractivity contribution in [3.8, 4) is 11.5 Å². The molecule has 1 aromatic carbocycles. The SMILES string of the molecule is CCOc1ccc(C(NC(=O)Cc2c(C)nn(C)c2C)C(C)C)cc1OCC. The largest absolute Gasteiger partial charge is 0.490 e. The molecule has 0 fully saturated rings. The third-order valence-corrected chi connectivity index (χ3v) is 4.91. The van der Waals surface area contributed by atoms with Crippen molar-refractivity contribution in [3.05, 3.63) is 40.7 Å². The van der Waals surface area contributed by atoms with Gasteiger partial charge in [-0.3, -0.25) is 9.48 Å². The average molecular weight is 388 g/mol. The molecule has 0 saturated carbocycles. The van der Waals surface area contributed by atoms with E-state index < -0.39 is 0 Å². The minimum atomic E-state index is -0.111. The van der Waals surface area contributed by atoms with E-state index >= 15 is 0 Å². The van der Waals surface area contributed by atoms with Gasteiger partial charge in [-0.2, -0.15) is 5.10 Å². The second-order valence-corrected chi connectivity index (χ2v) is 7.31. The number of ether oxygens (including phenoxy) is 2. The fraction of sp³-hybridized carbons (Fsp3) is 0.545. The number of hydrogen-bond donors (Lipinski definition) is 1. The molecule has 0 radical (unpaired) electrons. The lowest BCUT2D eigenvalue weighted by Gasteiger charge is -2.24. The molecule has 154 valence electrons. The van der Waals surface area contributed by atoms with Gasteiger partial charge in [0, 0.05) is 18.3 Å².